The Balaban J connectivity index is 2.00. The molecule has 1 heterocycles. The zero-order valence-electron chi connectivity index (χ0n) is 15.7. The molecule has 0 spiro atoms. The van der Waals surface area contributed by atoms with Gasteiger partial charge in [0.2, 0.25) is 0 Å². The van der Waals surface area contributed by atoms with Crippen molar-refractivity contribution in [2.75, 3.05) is 18.5 Å². The second-order valence-corrected chi connectivity index (χ2v) is 6.93. The van der Waals surface area contributed by atoms with Gasteiger partial charge in [0.15, 0.2) is 5.82 Å². The maximum atomic E-state index is 15.2. The Hall–Kier alpha value is -2.72. The number of hydrogen-bond acceptors (Lipinski definition) is 6. The fourth-order valence-corrected chi connectivity index (χ4v) is 2.98. The normalized spacial score (nSPS) is 12.2. The van der Waals surface area contributed by atoms with Gasteiger partial charge in [0.1, 0.15) is 18.2 Å². The van der Waals surface area contributed by atoms with Gasteiger partial charge in [-0.25, -0.2) is 14.9 Å². The van der Waals surface area contributed by atoms with Crippen LogP contribution in [0.4, 0.5) is 15.8 Å². The van der Waals surface area contributed by atoms with Crippen molar-refractivity contribution < 1.29 is 24.2 Å². The van der Waals surface area contributed by atoms with E-state index in [0.717, 1.165) is 5.56 Å². The first kappa shape index (κ1) is 21.0. The molecule has 10 heteroatoms. The maximum absolute atomic E-state index is 15.2. The summed E-state index contributed by atoms with van der Waals surface area (Å²) in [4.78, 5) is 21.6. The number of carbonyl (C=O) groups excluding carboxylic acids is 1. The summed E-state index contributed by atoms with van der Waals surface area (Å²) in [6.45, 7) is 1.02. The van der Waals surface area contributed by atoms with Crippen LogP contribution in [0.25, 0.3) is 11.0 Å². The molecule has 0 saturated heterocycles. The summed E-state index contributed by atoms with van der Waals surface area (Å²) in [5.74, 6) is -1.47. The number of aromatic nitrogens is 2. The number of halogens is 2. The van der Waals surface area contributed by atoms with Gasteiger partial charge in [-0.3, -0.25) is 9.63 Å². The number of nitrogens with zero attached hydrogens (tertiary/aromatic N) is 2. The third-order valence-corrected chi connectivity index (χ3v) is 4.55. The molecule has 0 saturated carbocycles. The lowest BCUT2D eigenvalue weighted by molar-refractivity contribution is -0.0295. The molecular weight excluding hydrogens is 403 g/mol. The summed E-state index contributed by atoms with van der Waals surface area (Å²) in [5, 5.41) is 21.3. The van der Waals surface area contributed by atoms with Crippen molar-refractivity contribution in [2.24, 2.45) is 7.05 Å². The highest BCUT2D eigenvalue weighted by Crippen LogP contribution is 2.33. The van der Waals surface area contributed by atoms with Gasteiger partial charge in [-0.1, -0.05) is 17.7 Å². The minimum atomic E-state index is -1.16. The second-order valence-electron chi connectivity index (χ2n) is 6.52. The maximum Gasteiger partial charge on any atom is 0.277 e. The Kier molecular flexibility index (Phi) is 6.33. The van der Waals surface area contributed by atoms with E-state index in [4.69, 9.17) is 21.5 Å². The predicted octanol–water partition coefficient (Wildman–Crippen LogP) is 2.43. The number of aryl methyl sites for hydroxylation is 2. The number of nitrogens with one attached hydrogen (secondary N) is 2. The fourth-order valence-electron chi connectivity index (χ4n) is 2.69. The first-order chi connectivity index (χ1) is 13.8. The number of carbonyl (C=O) groups is 1. The molecule has 3 rings (SSSR count). The molecule has 0 fully saturated rings. The van der Waals surface area contributed by atoms with Crippen molar-refractivity contribution in [3.63, 3.8) is 0 Å². The topological polar surface area (TPSA) is 109 Å². The molecule has 1 aromatic heterocycles. The SMILES string of the molecule is Cc1ccc(Nc2c(C(=O)NOCC(O)CO)cc3c(ncn3C)c2F)c(Cl)c1. The molecular formula is C19H20ClFN4O4. The number of hydrogen-bond donors (Lipinski definition) is 4. The molecule has 0 bridgehead atoms. The summed E-state index contributed by atoms with van der Waals surface area (Å²) in [6.07, 6.45) is 0.280. The molecule has 1 unspecified atom stereocenters. The van der Waals surface area contributed by atoms with Crippen molar-refractivity contribution in [1.29, 1.82) is 0 Å². The summed E-state index contributed by atoms with van der Waals surface area (Å²) >= 11 is 6.24. The van der Waals surface area contributed by atoms with Crippen LogP contribution in [0.5, 0.6) is 0 Å². The number of anilines is 2. The van der Waals surface area contributed by atoms with Crippen molar-refractivity contribution in [2.45, 2.75) is 13.0 Å². The van der Waals surface area contributed by atoms with E-state index in [1.54, 1.807) is 29.8 Å². The smallest absolute Gasteiger partial charge is 0.277 e. The standard InChI is InChI=1S/C19H20ClFN4O4/c1-10-3-4-14(13(20)5-10)23-17-12(19(28)24-29-8-11(27)7-26)6-15-18(16(17)21)22-9-25(15)2/h3-6,9,11,23,26-27H,7-8H2,1-2H3,(H,24,28). The van der Waals surface area contributed by atoms with E-state index < -0.39 is 24.4 Å². The monoisotopic (exact) mass is 422 g/mol. The molecule has 2 aromatic carbocycles. The summed E-state index contributed by atoms with van der Waals surface area (Å²) in [7, 11) is 1.68. The number of imidazole rings is 1. The van der Waals surface area contributed by atoms with Crippen LogP contribution in [0.15, 0.2) is 30.6 Å². The highest BCUT2D eigenvalue weighted by atomic mass is 35.5. The van der Waals surface area contributed by atoms with Gasteiger partial charge in [-0.15, -0.1) is 0 Å². The number of amides is 1. The Morgan fingerprint density at radius 2 is 2.17 bits per heavy atom. The van der Waals surface area contributed by atoms with Crippen LogP contribution in [0.2, 0.25) is 5.02 Å². The lowest BCUT2D eigenvalue weighted by atomic mass is 10.1. The molecule has 1 atom stereocenters. The predicted molar refractivity (Wildman–Crippen MR) is 107 cm³/mol. The van der Waals surface area contributed by atoms with E-state index in [0.29, 0.717) is 16.2 Å². The lowest BCUT2D eigenvalue weighted by Gasteiger charge is -2.16. The van der Waals surface area contributed by atoms with Crippen molar-refractivity contribution in [1.82, 2.24) is 15.0 Å². The Bertz CT molecular complexity index is 1060. The number of benzene rings is 2. The zero-order chi connectivity index (χ0) is 21.1. The van der Waals surface area contributed by atoms with Crippen molar-refractivity contribution in [3.05, 3.63) is 52.6 Å². The molecule has 0 aliphatic carbocycles. The van der Waals surface area contributed by atoms with E-state index in [2.05, 4.69) is 15.8 Å². The molecule has 29 heavy (non-hydrogen) atoms. The Morgan fingerprint density at radius 3 is 2.86 bits per heavy atom. The van der Waals surface area contributed by atoms with Gasteiger partial charge >= 0.3 is 0 Å². The van der Waals surface area contributed by atoms with Crippen molar-refractivity contribution in [3.8, 4) is 0 Å². The number of aliphatic hydroxyl groups is 2. The average Bonchev–Trinajstić information content (AvgIpc) is 3.06. The van der Waals surface area contributed by atoms with E-state index >= 15 is 4.39 Å². The lowest BCUT2D eigenvalue weighted by Crippen LogP contribution is -2.30. The van der Waals surface area contributed by atoms with E-state index in [-0.39, 0.29) is 23.4 Å². The highest BCUT2D eigenvalue weighted by Gasteiger charge is 2.22. The van der Waals surface area contributed by atoms with Gasteiger partial charge < -0.3 is 20.1 Å². The Morgan fingerprint density at radius 1 is 1.41 bits per heavy atom. The molecule has 0 aliphatic heterocycles. The van der Waals surface area contributed by atoms with Crippen LogP contribution in [-0.4, -0.2) is 45.0 Å². The summed E-state index contributed by atoms with van der Waals surface area (Å²) < 4.78 is 16.8. The molecule has 8 nitrogen and oxygen atoms in total. The molecule has 154 valence electrons. The molecule has 4 N–H and O–H groups in total. The number of aliphatic hydroxyl groups excluding tert-OH is 2. The molecule has 3 aromatic rings. The largest absolute Gasteiger partial charge is 0.394 e. The van der Waals surface area contributed by atoms with E-state index in [1.807, 2.05) is 6.92 Å². The van der Waals surface area contributed by atoms with Gasteiger partial charge in [-0.2, -0.15) is 0 Å². The van der Waals surface area contributed by atoms with Crippen LogP contribution >= 0.6 is 11.6 Å². The number of fused-ring (bicyclic) bond motifs is 1. The average molecular weight is 423 g/mol. The number of rotatable bonds is 7. The van der Waals surface area contributed by atoms with Gasteiger partial charge in [-0.05, 0) is 30.7 Å². The third kappa shape index (κ3) is 4.48. The van der Waals surface area contributed by atoms with Crippen LogP contribution in [0, 0.1) is 12.7 Å². The Labute approximate surface area is 170 Å². The van der Waals surface area contributed by atoms with E-state index in [9.17, 15) is 9.90 Å². The van der Waals surface area contributed by atoms with E-state index in [1.165, 1.54) is 12.4 Å². The zero-order valence-corrected chi connectivity index (χ0v) is 16.5. The summed E-state index contributed by atoms with van der Waals surface area (Å²) in [6, 6.07) is 6.65. The molecule has 0 radical (unpaired) electrons. The van der Waals surface area contributed by atoms with Crippen LogP contribution in [0.1, 0.15) is 15.9 Å². The number of hydroxylamine groups is 1. The van der Waals surface area contributed by atoms with Crippen LogP contribution < -0.4 is 10.8 Å². The van der Waals surface area contributed by atoms with Gasteiger partial charge in [0, 0.05) is 7.05 Å². The van der Waals surface area contributed by atoms with Crippen LogP contribution in [0.3, 0.4) is 0 Å². The summed E-state index contributed by atoms with van der Waals surface area (Å²) in [5.41, 5.74) is 3.81. The first-order valence-corrected chi connectivity index (χ1v) is 9.07. The second kappa shape index (κ2) is 8.75. The fraction of sp³-hybridized carbons (Fsp3) is 0.263. The molecule has 0 aliphatic rings. The minimum Gasteiger partial charge on any atom is -0.394 e. The third-order valence-electron chi connectivity index (χ3n) is 4.24. The van der Waals surface area contributed by atoms with Gasteiger partial charge in [0.25, 0.3) is 5.91 Å². The van der Waals surface area contributed by atoms with Crippen molar-refractivity contribution >= 4 is 39.9 Å². The van der Waals surface area contributed by atoms with Crippen LogP contribution in [-0.2, 0) is 11.9 Å². The van der Waals surface area contributed by atoms with Gasteiger partial charge in [0.05, 0.1) is 40.4 Å². The molecule has 1 amide bonds. The minimum absolute atomic E-state index is 0.0475. The quantitative estimate of drug-likeness (QED) is 0.435. The highest BCUT2D eigenvalue weighted by molar-refractivity contribution is 6.33. The first-order valence-electron chi connectivity index (χ1n) is 8.69.